The molecule has 0 unspecified atom stereocenters. The van der Waals surface area contributed by atoms with Crippen LogP contribution >= 0.6 is 0 Å². The third-order valence-electron chi connectivity index (χ3n) is 6.58. The van der Waals surface area contributed by atoms with Gasteiger partial charge >= 0.3 is 0 Å². The molecule has 2 aromatic carbocycles. The summed E-state index contributed by atoms with van der Waals surface area (Å²) >= 11 is 0. The van der Waals surface area contributed by atoms with Gasteiger partial charge in [0, 0.05) is 57.1 Å². The minimum absolute atomic E-state index is 0.220. The Balaban J connectivity index is 1.58. The highest BCUT2D eigenvalue weighted by atomic mass is 16.7. The molecule has 5 nitrogen and oxygen atoms in total. The summed E-state index contributed by atoms with van der Waals surface area (Å²) in [5.41, 5.74) is 3.54. The molecule has 2 aromatic rings. The van der Waals surface area contributed by atoms with E-state index >= 15 is 0 Å². The molecule has 0 amide bonds. The van der Waals surface area contributed by atoms with Crippen molar-refractivity contribution in [1.29, 1.82) is 0 Å². The van der Waals surface area contributed by atoms with Crippen molar-refractivity contribution in [3.05, 3.63) is 47.5 Å². The molecule has 3 aliphatic rings. The van der Waals surface area contributed by atoms with Crippen molar-refractivity contribution in [3.63, 3.8) is 0 Å². The van der Waals surface area contributed by atoms with E-state index in [1.54, 1.807) is 4.90 Å². The number of fused-ring (bicyclic) bond motifs is 2. The van der Waals surface area contributed by atoms with E-state index in [0.29, 0.717) is 0 Å². The predicted molar refractivity (Wildman–Crippen MR) is 109 cm³/mol. The first kappa shape index (κ1) is 17.7. The number of nitrogens with one attached hydrogen (secondary N) is 1. The number of quaternary nitrogens is 1. The molecule has 1 saturated heterocycles. The van der Waals surface area contributed by atoms with Crippen LogP contribution in [0.15, 0.2) is 36.4 Å². The summed E-state index contributed by atoms with van der Waals surface area (Å²) in [6, 6.07) is 13.1. The topological polar surface area (TPSA) is 35.4 Å². The van der Waals surface area contributed by atoms with E-state index in [2.05, 4.69) is 56.3 Å². The Labute approximate surface area is 166 Å². The molecule has 0 saturated carbocycles. The molecule has 5 rings (SSSR count). The highest BCUT2D eigenvalue weighted by Crippen LogP contribution is 2.48. The van der Waals surface area contributed by atoms with E-state index in [1.807, 2.05) is 6.07 Å². The highest BCUT2D eigenvalue weighted by Gasteiger charge is 2.47. The van der Waals surface area contributed by atoms with E-state index in [0.717, 1.165) is 23.7 Å². The number of ether oxygens (including phenoxy) is 3. The minimum atomic E-state index is -0.220. The Morgan fingerprint density at radius 2 is 1.64 bits per heavy atom. The standard InChI is InChI=1S/C23H28N2O3/c1-23(25-10-4-5-11-25)14-19(16-6-8-17(9-7-16)24(2)3)18-12-21-22(27-15-26-21)13-20(18)28-23/h6-9,12-13,19H,4-5,10-11,14-15H2,1-3H3/p+1/t19-,23+/m1/s1. The molecule has 0 bridgehead atoms. The van der Waals surface area contributed by atoms with Gasteiger partial charge in [-0.15, -0.1) is 0 Å². The number of hydrogen-bond acceptors (Lipinski definition) is 4. The summed E-state index contributed by atoms with van der Waals surface area (Å²) in [6.45, 7) is 4.93. The van der Waals surface area contributed by atoms with Crippen LogP contribution in [0.4, 0.5) is 5.69 Å². The van der Waals surface area contributed by atoms with Gasteiger partial charge in [-0.3, -0.25) is 4.90 Å². The van der Waals surface area contributed by atoms with Crippen LogP contribution in [0.3, 0.4) is 0 Å². The molecule has 3 heterocycles. The zero-order valence-electron chi connectivity index (χ0n) is 17.0. The molecule has 0 spiro atoms. The zero-order chi connectivity index (χ0) is 19.3. The van der Waals surface area contributed by atoms with Gasteiger partial charge in [0.2, 0.25) is 12.5 Å². The molecule has 28 heavy (non-hydrogen) atoms. The van der Waals surface area contributed by atoms with E-state index < -0.39 is 0 Å². The number of benzene rings is 2. The summed E-state index contributed by atoms with van der Waals surface area (Å²) in [5.74, 6) is 2.85. The van der Waals surface area contributed by atoms with Crippen molar-refractivity contribution >= 4 is 5.69 Å². The molecule has 0 radical (unpaired) electrons. The molecule has 0 aliphatic carbocycles. The van der Waals surface area contributed by atoms with Crippen LogP contribution in [0.5, 0.6) is 17.2 Å². The minimum Gasteiger partial charge on any atom is -0.454 e. The molecule has 1 fully saturated rings. The average Bonchev–Trinajstić information content (AvgIpc) is 3.38. The Morgan fingerprint density at radius 3 is 2.32 bits per heavy atom. The second-order valence-corrected chi connectivity index (χ2v) is 8.63. The normalized spacial score (nSPS) is 26.0. The van der Waals surface area contributed by atoms with Crippen molar-refractivity contribution in [1.82, 2.24) is 0 Å². The number of likely N-dealkylation sites (tertiary alicyclic amines) is 1. The molecule has 3 aliphatic heterocycles. The van der Waals surface area contributed by atoms with Gasteiger partial charge in [-0.05, 0) is 23.8 Å². The van der Waals surface area contributed by atoms with Gasteiger partial charge in [-0.1, -0.05) is 12.1 Å². The molecule has 1 N–H and O–H groups in total. The van der Waals surface area contributed by atoms with Gasteiger partial charge < -0.3 is 19.1 Å². The van der Waals surface area contributed by atoms with Gasteiger partial charge in [0.25, 0.3) is 0 Å². The zero-order valence-corrected chi connectivity index (χ0v) is 17.0. The maximum absolute atomic E-state index is 6.66. The molecular weight excluding hydrogens is 352 g/mol. The third kappa shape index (κ3) is 2.89. The smallest absolute Gasteiger partial charge is 0.239 e. The lowest BCUT2D eigenvalue weighted by Gasteiger charge is -2.42. The van der Waals surface area contributed by atoms with Crippen molar-refractivity contribution in [2.75, 3.05) is 38.9 Å². The Hall–Kier alpha value is -2.40. The average molecular weight is 381 g/mol. The van der Waals surface area contributed by atoms with Gasteiger partial charge in [0.1, 0.15) is 5.75 Å². The van der Waals surface area contributed by atoms with E-state index in [1.165, 1.54) is 42.7 Å². The van der Waals surface area contributed by atoms with E-state index in [9.17, 15) is 0 Å². The largest absolute Gasteiger partial charge is 0.454 e. The van der Waals surface area contributed by atoms with Gasteiger partial charge in [0.05, 0.1) is 19.5 Å². The second kappa shape index (κ2) is 6.59. The Kier molecular flexibility index (Phi) is 4.16. The molecule has 5 heteroatoms. The van der Waals surface area contributed by atoms with Crippen LogP contribution in [0, 0.1) is 0 Å². The lowest BCUT2D eigenvalue weighted by Crippen LogP contribution is -3.19. The lowest BCUT2D eigenvalue weighted by atomic mass is 9.81. The number of nitrogens with zero attached hydrogens (tertiary/aromatic N) is 1. The van der Waals surface area contributed by atoms with E-state index in [4.69, 9.17) is 14.2 Å². The molecule has 2 atom stereocenters. The number of rotatable bonds is 3. The maximum atomic E-state index is 6.66. The van der Waals surface area contributed by atoms with Crippen LogP contribution < -0.4 is 24.0 Å². The fraction of sp³-hybridized carbons (Fsp3) is 0.478. The monoisotopic (exact) mass is 381 g/mol. The van der Waals surface area contributed by atoms with Crippen molar-refractivity contribution in [2.24, 2.45) is 0 Å². The van der Waals surface area contributed by atoms with Crippen LogP contribution in [-0.2, 0) is 0 Å². The van der Waals surface area contributed by atoms with Gasteiger partial charge in [0.15, 0.2) is 11.5 Å². The van der Waals surface area contributed by atoms with Crippen molar-refractivity contribution < 1.29 is 19.1 Å². The summed E-state index contributed by atoms with van der Waals surface area (Å²) < 4.78 is 17.9. The lowest BCUT2D eigenvalue weighted by molar-refractivity contribution is -0.962. The Morgan fingerprint density at radius 1 is 0.964 bits per heavy atom. The fourth-order valence-electron chi connectivity index (χ4n) is 4.93. The Bertz CT molecular complexity index is 874. The van der Waals surface area contributed by atoms with Crippen molar-refractivity contribution in [3.8, 4) is 17.2 Å². The third-order valence-corrected chi connectivity index (χ3v) is 6.58. The second-order valence-electron chi connectivity index (χ2n) is 8.63. The number of anilines is 1. The first-order chi connectivity index (χ1) is 13.5. The summed E-state index contributed by atoms with van der Waals surface area (Å²) in [5, 5.41) is 0. The fourth-order valence-corrected chi connectivity index (χ4v) is 4.93. The summed E-state index contributed by atoms with van der Waals surface area (Å²) in [6.07, 6.45) is 3.53. The van der Waals surface area contributed by atoms with Crippen LogP contribution in [0.1, 0.15) is 43.2 Å². The first-order valence-corrected chi connectivity index (χ1v) is 10.3. The quantitative estimate of drug-likeness (QED) is 0.887. The number of hydrogen-bond donors (Lipinski definition) is 1. The maximum Gasteiger partial charge on any atom is 0.239 e. The molecule has 0 aromatic heterocycles. The van der Waals surface area contributed by atoms with Crippen LogP contribution in [0.25, 0.3) is 0 Å². The van der Waals surface area contributed by atoms with Crippen LogP contribution in [-0.4, -0.2) is 39.7 Å². The highest BCUT2D eigenvalue weighted by molar-refractivity contribution is 5.57. The van der Waals surface area contributed by atoms with Gasteiger partial charge in [-0.25, -0.2) is 0 Å². The first-order valence-electron chi connectivity index (χ1n) is 10.3. The molecular formula is C23H29N2O3+. The SMILES string of the molecule is CN(C)c1ccc([C@H]2C[C@@](C)([NH+]3CCCC3)Oc3cc4c(cc32)OCO4)cc1. The summed E-state index contributed by atoms with van der Waals surface area (Å²) in [7, 11) is 4.15. The van der Waals surface area contributed by atoms with Crippen LogP contribution in [0.2, 0.25) is 0 Å². The van der Waals surface area contributed by atoms with Gasteiger partial charge in [-0.2, -0.15) is 0 Å². The summed E-state index contributed by atoms with van der Waals surface area (Å²) in [4.78, 5) is 3.70. The van der Waals surface area contributed by atoms with Crippen molar-refractivity contribution in [2.45, 2.75) is 37.8 Å². The van der Waals surface area contributed by atoms with E-state index in [-0.39, 0.29) is 18.4 Å². The predicted octanol–water partition coefficient (Wildman–Crippen LogP) is 2.79. The molecule has 148 valence electrons.